The molecule has 0 amide bonds. The Labute approximate surface area is 178 Å². The SMILES string of the molecule is CC1=CN(N)C2=NC(CC3CC3)N(CCCCS(=O)c3ccc(F)cc3F)C2=C1C. The number of benzene rings is 1. The van der Waals surface area contributed by atoms with Crippen molar-refractivity contribution in [2.45, 2.75) is 57.0 Å². The third-order valence-electron chi connectivity index (χ3n) is 6.01. The molecule has 0 aromatic heterocycles. The normalized spacial score (nSPS) is 22.2. The first-order chi connectivity index (χ1) is 14.3. The lowest BCUT2D eigenvalue weighted by Crippen LogP contribution is -2.39. The van der Waals surface area contributed by atoms with Crippen LogP contribution in [0.2, 0.25) is 0 Å². The number of hydrogen-bond donors (Lipinski definition) is 1. The molecule has 2 unspecified atom stereocenters. The van der Waals surface area contributed by atoms with Gasteiger partial charge in [-0.15, -0.1) is 0 Å². The van der Waals surface area contributed by atoms with E-state index in [-0.39, 0.29) is 11.1 Å². The summed E-state index contributed by atoms with van der Waals surface area (Å²) < 4.78 is 39.3. The van der Waals surface area contributed by atoms with Gasteiger partial charge in [0, 0.05) is 24.6 Å². The summed E-state index contributed by atoms with van der Waals surface area (Å²) in [7, 11) is -1.48. The average molecular weight is 435 g/mol. The summed E-state index contributed by atoms with van der Waals surface area (Å²) in [5.41, 5.74) is 3.40. The van der Waals surface area contributed by atoms with Gasteiger partial charge in [-0.3, -0.25) is 9.22 Å². The number of unbranched alkanes of at least 4 members (excludes halogenated alkanes) is 1. The van der Waals surface area contributed by atoms with E-state index in [0.717, 1.165) is 54.5 Å². The molecule has 3 aliphatic rings. The molecule has 8 heteroatoms. The van der Waals surface area contributed by atoms with Gasteiger partial charge in [-0.25, -0.2) is 19.6 Å². The molecule has 30 heavy (non-hydrogen) atoms. The fourth-order valence-corrected chi connectivity index (χ4v) is 5.23. The number of hydrazine groups is 1. The Hall–Kier alpha value is -2.06. The molecular weight excluding hydrogens is 406 g/mol. The number of nitrogens with zero attached hydrogens (tertiary/aromatic N) is 3. The van der Waals surface area contributed by atoms with Crippen molar-refractivity contribution in [3.63, 3.8) is 0 Å². The third kappa shape index (κ3) is 4.34. The topological polar surface area (TPSA) is 61.9 Å². The van der Waals surface area contributed by atoms with Crippen LogP contribution in [0.15, 0.2) is 51.1 Å². The van der Waals surface area contributed by atoms with Crippen LogP contribution in [0, 0.1) is 17.6 Å². The second-order valence-corrected chi connectivity index (χ2v) is 9.87. The standard InChI is InChI=1S/C22H28F2N4OS/c1-14-13-28(25)22-21(15(14)2)27(20(26-22)11-16-5-6-16)9-3-4-10-30(29)19-8-7-17(23)12-18(19)24/h7-8,12-13,16,20H,3-6,9-11,25H2,1-2H3. The minimum atomic E-state index is -1.48. The van der Waals surface area contributed by atoms with Crippen LogP contribution >= 0.6 is 0 Å². The maximum Gasteiger partial charge on any atom is 0.168 e. The van der Waals surface area contributed by atoms with Gasteiger partial charge in [-0.05, 0) is 62.3 Å². The molecule has 0 bridgehead atoms. The van der Waals surface area contributed by atoms with Gasteiger partial charge < -0.3 is 4.90 Å². The van der Waals surface area contributed by atoms with Crippen LogP contribution in [-0.2, 0) is 10.8 Å². The van der Waals surface area contributed by atoms with Crippen LogP contribution in [-0.4, -0.2) is 38.4 Å². The molecule has 2 N–H and O–H groups in total. The Morgan fingerprint density at radius 2 is 2.00 bits per heavy atom. The summed E-state index contributed by atoms with van der Waals surface area (Å²) in [6.45, 7) is 4.93. The largest absolute Gasteiger partial charge is 0.346 e. The fraction of sp³-hybridized carbons (Fsp3) is 0.500. The van der Waals surface area contributed by atoms with Gasteiger partial charge in [0.2, 0.25) is 0 Å². The molecule has 1 aromatic rings. The van der Waals surface area contributed by atoms with Gasteiger partial charge in [-0.1, -0.05) is 12.8 Å². The minimum Gasteiger partial charge on any atom is -0.346 e. The fourth-order valence-electron chi connectivity index (χ4n) is 4.05. The van der Waals surface area contributed by atoms with Gasteiger partial charge in [0.15, 0.2) is 5.84 Å². The molecule has 162 valence electrons. The summed E-state index contributed by atoms with van der Waals surface area (Å²) in [5.74, 6) is 6.68. The van der Waals surface area contributed by atoms with Gasteiger partial charge in [-0.2, -0.15) is 0 Å². The van der Waals surface area contributed by atoms with Crippen molar-refractivity contribution in [1.82, 2.24) is 9.91 Å². The minimum absolute atomic E-state index is 0.0696. The second kappa shape index (κ2) is 8.59. The highest BCUT2D eigenvalue weighted by atomic mass is 32.2. The molecule has 4 rings (SSSR count). The van der Waals surface area contributed by atoms with Gasteiger partial charge in [0.25, 0.3) is 0 Å². The van der Waals surface area contributed by atoms with Gasteiger partial charge in [0.05, 0.1) is 21.4 Å². The van der Waals surface area contributed by atoms with Crippen LogP contribution in [0.4, 0.5) is 8.78 Å². The molecule has 2 atom stereocenters. The lowest BCUT2D eigenvalue weighted by molar-refractivity contribution is 0.261. The Bertz CT molecular complexity index is 954. The van der Waals surface area contributed by atoms with Crippen molar-refractivity contribution >= 4 is 16.6 Å². The van der Waals surface area contributed by atoms with Crippen molar-refractivity contribution in [1.29, 1.82) is 0 Å². The van der Waals surface area contributed by atoms with E-state index in [1.807, 2.05) is 13.1 Å². The van der Waals surface area contributed by atoms with E-state index in [1.165, 1.54) is 24.5 Å². The molecule has 2 aliphatic heterocycles. The number of amidine groups is 1. The summed E-state index contributed by atoms with van der Waals surface area (Å²) in [5, 5.41) is 1.62. The maximum absolute atomic E-state index is 13.9. The Kier molecular flexibility index (Phi) is 6.06. The van der Waals surface area contributed by atoms with Crippen molar-refractivity contribution in [3.05, 3.63) is 52.9 Å². The molecule has 0 saturated heterocycles. The third-order valence-corrected chi connectivity index (χ3v) is 7.49. The second-order valence-electron chi connectivity index (χ2n) is 8.33. The van der Waals surface area contributed by atoms with Gasteiger partial charge in [0.1, 0.15) is 17.8 Å². The highest BCUT2D eigenvalue weighted by molar-refractivity contribution is 7.85. The summed E-state index contributed by atoms with van der Waals surface area (Å²) in [4.78, 5) is 7.32. The lowest BCUT2D eigenvalue weighted by atomic mass is 10.0. The first-order valence-electron chi connectivity index (χ1n) is 10.5. The summed E-state index contributed by atoms with van der Waals surface area (Å²) in [6, 6.07) is 3.20. The zero-order chi connectivity index (χ0) is 21.4. The first kappa shape index (κ1) is 21.2. The molecule has 1 aromatic carbocycles. The van der Waals surface area contributed by atoms with Crippen molar-refractivity contribution in [2.75, 3.05) is 12.3 Å². The molecule has 1 saturated carbocycles. The maximum atomic E-state index is 13.9. The van der Waals surface area contributed by atoms with E-state index in [0.29, 0.717) is 12.2 Å². The number of rotatable bonds is 8. The van der Waals surface area contributed by atoms with E-state index in [2.05, 4.69) is 11.8 Å². The first-order valence-corrected chi connectivity index (χ1v) is 11.8. The molecule has 1 aliphatic carbocycles. The predicted octanol–water partition coefficient (Wildman–Crippen LogP) is 4.06. The number of hydrogen-bond acceptors (Lipinski definition) is 5. The molecule has 0 radical (unpaired) electrons. The van der Waals surface area contributed by atoms with Crippen LogP contribution in [0.3, 0.4) is 0 Å². The Morgan fingerprint density at radius 3 is 2.70 bits per heavy atom. The quantitative estimate of drug-likeness (QED) is 0.495. The molecule has 2 heterocycles. The predicted molar refractivity (Wildman–Crippen MR) is 115 cm³/mol. The van der Waals surface area contributed by atoms with E-state index in [1.54, 1.807) is 5.01 Å². The van der Waals surface area contributed by atoms with Crippen molar-refractivity contribution in [2.24, 2.45) is 16.8 Å². The highest BCUT2D eigenvalue weighted by Crippen LogP contribution is 2.40. The van der Waals surface area contributed by atoms with Crippen molar-refractivity contribution < 1.29 is 13.0 Å². The van der Waals surface area contributed by atoms with Crippen LogP contribution in [0.25, 0.3) is 0 Å². The van der Waals surface area contributed by atoms with E-state index in [9.17, 15) is 13.0 Å². The number of allylic oxidation sites excluding steroid dienone is 2. The van der Waals surface area contributed by atoms with E-state index in [4.69, 9.17) is 10.8 Å². The number of halogens is 2. The molecule has 5 nitrogen and oxygen atoms in total. The molecular formula is C22H28F2N4OS. The van der Waals surface area contributed by atoms with Gasteiger partial charge >= 0.3 is 0 Å². The zero-order valence-electron chi connectivity index (χ0n) is 17.4. The monoisotopic (exact) mass is 434 g/mol. The van der Waals surface area contributed by atoms with Crippen molar-refractivity contribution in [3.8, 4) is 0 Å². The average Bonchev–Trinajstić information content (AvgIpc) is 3.43. The lowest BCUT2D eigenvalue weighted by Gasteiger charge is -2.31. The Morgan fingerprint density at radius 1 is 1.23 bits per heavy atom. The van der Waals surface area contributed by atoms with E-state index < -0.39 is 22.4 Å². The number of nitrogens with two attached hydrogens (primary N) is 1. The number of fused-ring (bicyclic) bond motifs is 1. The summed E-state index contributed by atoms with van der Waals surface area (Å²) in [6.07, 6.45) is 7.04. The smallest absolute Gasteiger partial charge is 0.168 e. The molecule has 0 spiro atoms. The van der Waals surface area contributed by atoms with E-state index >= 15 is 0 Å². The zero-order valence-corrected chi connectivity index (χ0v) is 18.2. The molecule has 1 fully saturated rings. The summed E-state index contributed by atoms with van der Waals surface area (Å²) >= 11 is 0. The number of aliphatic imine (C=N–C) groups is 1. The van der Waals surface area contributed by atoms with Crippen LogP contribution in [0.1, 0.15) is 46.0 Å². The highest BCUT2D eigenvalue weighted by Gasteiger charge is 2.38. The Balaban J connectivity index is 1.40. The van der Waals surface area contributed by atoms with Crippen LogP contribution in [0.5, 0.6) is 0 Å². The van der Waals surface area contributed by atoms with Crippen LogP contribution < -0.4 is 5.84 Å².